The fourth-order valence-corrected chi connectivity index (χ4v) is 6.08. The summed E-state index contributed by atoms with van der Waals surface area (Å²) in [6, 6.07) is 30.9. The third kappa shape index (κ3) is 3.46. The van der Waals surface area contributed by atoms with E-state index in [4.69, 9.17) is 4.74 Å². The molecule has 0 aromatic heterocycles. The summed E-state index contributed by atoms with van der Waals surface area (Å²) >= 11 is 0. The first-order valence-corrected chi connectivity index (χ1v) is 13.3. The van der Waals surface area contributed by atoms with Gasteiger partial charge in [0.25, 0.3) is 0 Å². The van der Waals surface area contributed by atoms with Crippen LogP contribution in [0.5, 0.6) is 23.0 Å². The van der Waals surface area contributed by atoms with Gasteiger partial charge in [0.1, 0.15) is 0 Å². The first-order chi connectivity index (χ1) is 19.6. The Kier molecular flexibility index (Phi) is 5.49. The van der Waals surface area contributed by atoms with E-state index in [9.17, 15) is 15.3 Å². The minimum Gasteiger partial charge on any atom is -0.504 e. The van der Waals surface area contributed by atoms with Gasteiger partial charge < -0.3 is 20.1 Å². The summed E-state index contributed by atoms with van der Waals surface area (Å²) in [5, 5.41) is 39.4. The lowest BCUT2D eigenvalue weighted by molar-refractivity contribution is 0.349. The molecule has 7 rings (SSSR count). The number of ether oxygens (including phenoxy) is 1. The Hall–Kier alpha value is -5.22. The number of hydrogen-bond donors (Lipinski definition) is 3. The normalized spacial score (nSPS) is 14.1. The monoisotopic (exact) mass is 522 g/mol. The molecular weight excluding hydrogens is 496 g/mol. The zero-order chi connectivity index (χ0) is 27.4. The molecule has 1 aliphatic heterocycles. The molecule has 6 aromatic carbocycles. The number of rotatable bonds is 2. The second-order valence-corrected chi connectivity index (χ2v) is 10.1. The van der Waals surface area contributed by atoms with Gasteiger partial charge in [-0.25, -0.2) is 0 Å². The summed E-state index contributed by atoms with van der Waals surface area (Å²) in [4.78, 5) is 0. The Balaban J connectivity index is 1.70. The zero-order valence-electron chi connectivity index (χ0n) is 21.7. The maximum atomic E-state index is 11.5. The van der Waals surface area contributed by atoms with Gasteiger partial charge in [-0.3, -0.25) is 0 Å². The number of allylic oxidation sites excluding steroid dienone is 2. The molecule has 6 aromatic rings. The van der Waals surface area contributed by atoms with Gasteiger partial charge in [-0.1, -0.05) is 97.6 Å². The first kappa shape index (κ1) is 23.9. The molecule has 3 N–H and O–H groups in total. The third-order valence-corrected chi connectivity index (χ3v) is 7.87. The molecule has 0 aliphatic carbocycles. The molecule has 0 atom stereocenters. The van der Waals surface area contributed by atoms with Gasteiger partial charge in [0.05, 0.1) is 6.26 Å². The molecule has 194 valence electrons. The smallest absolute Gasteiger partial charge is 0.205 e. The standard InChI is InChI=1S/C36H26O4/c1-21-11-8-9-20-40-36-29(21)32(33(37)34(38)35(36)39)31-27-17-6-4-15-25(27)30(26-16-5-7-18-28(26)31)24-19-10-13-22-12-2-3-14-23(22)24/h2-7,9-10,12-20,37-39H,1,8,11H2/b20-9-. The molecule has 0 fully saturated rings. The lowest BCUT2D eigenvalue weighted by Gasteiger charge is -2.24. The van der Waals surface area contributed by atoms with Crippen LogP contribution in [0.1, 0.15) is 18.4 Å². The molecule has 1 heterocycles. The first-order valence-electron chi connectivity index (χ1n) is 13.3. The highest BCUT2D eigenvalue weighted by molar-refractivity contribution is 6.24. The van der Waals surface area contributed by atoms with Gasteiger partial charge in [0.2, 0.25) is 11.5 Å². The molecule has 0 radical (unpaired) electrons. The number of phenolic OH excluding ortho intramolecular Hbond substituents is 3. The third-order valence-electron chi connectivity index (χ3n) is 7.87. The average Bonchev–Trinajstić information content (AvgIpc) is 2.98. The number of phenols is 3. The Bertz CT molecular complexity index is 1970. The minimum atomic E-state index is -0.623. The second kappa shape index (κ2) is 9.21. The van der Waals surface area contributed by atoms with Crippen molar-refractivity contribution >= 4 is 37.9 Å². The predicted octanol–water partition coefficient (Wildman–Crippen LogP) is 9.30. The van der Waals surface area contributed by atoms with Crippen molar-refractivity contribution in [2.45, 2.75) is 12.8 Å². The molecule has 1 aliphatic rings. The van der Waals surface area contributed by atoms with E-state index in [0.717, 1.165) is 49.0 Å². The number of aromatic hydroxyl groups is 3. The van der Waals surface area contributed by atoms with Crippen LogP contribution in [0.3, 0.4) is 0 Å². The summed E-state index contributed by atoms with van der Waals surface area (Å²) in [6.45, 7) is 4.30. The molecule has 0 saturated carbocycles. The van der Waals surface area contributed by atoms with Crippen LogP contribution in [-0.4, -0.2) is 15.3 Å². The lowest BCUT2D eigenvalue weighted by atomic mass is 9.81. The van der Waals surface area contributed by atoms with Crippen molar-refractivity contribution < 1.29 is 20.1 Å². The summed E-state index contributed by atoms with van der Waals surface area (Å²) in [5.74, 6) is -1.46. The van der Waals surface area contributed by atoms with Gasteiger partial charge in [-0.05, 0) is 67.9 Å². The highest BCUT2D eigenvalue weighted by Crippen LogP contribution is 2.57. The Labute approximate surface area is 231 Å². The van der Waals surface area contributed by atoms with Gasteiger partial charge in [0.15, 0.2) is 11.5 Å². The number of fused-ring (bicyclic) bond motifs is 4. The maximum absolute atomic E-state index is 11.5. The highest BCUT2D eigenvalue weighted by atomic mass is 16.5. The fourth-order valence-electron chi connectivity index (χ4n) is 6.08. The summed E-state index contributed by atoms with van der Waals surface area (Å²) in [5.41, 5.74) is 4.53. The van der Waals surface area contributed by atoms with Crippen molar-refractivity contribution in [1.82, 2.24) is 0 Å². The van der Waals surface area contributed by atoms with Crippen molar-refractivity contribution in [3.8, 4) is 45.3 Å². The van der Waals surface area contributed by atoms with E-state index in [-0.39, 0.29) is 5.75 Å². The van der Waals surface area contributed by atoms with Crippen LogP contribution in [0.25, 0.3) is 60.1 Å². The van der Waals surface area contributed by atoms with Gasteiger partial charge in [0, 0.05) is 16.7 Å². The number of benzene rings is 6. The van der Waals surface area contributed by atoms with Crippen molar-refractivity contribution in [3.63, 3.8) is 0 Å². The Morgan fingerprint density at radius 3 is 1.80 bits per heavy atom. The molecule has 0 amide bonds. The van der Waals surface area contributed by atoms with Crippen LogP contribution in [0.4, 0.5) is 0 Å². The van der Waals surface area contributed by atoms with Crippen LogP contribution < -0.4 is 4.74 Å². The van der Waals surface area contributed by atoms with E-state index >= 15 is 0 Å². The van der Waals surface area contributed by atoms with Gasteiger partial charge >= 0.3 is 0 Å². The van der Waals surface area contributed by atoms with Gasteiger partial charge in [-0.15, -0.1) is 0 Å². The van der Waals surface area contributed by atoms with E-state index in [2.05, 4.69) is 55.1 Å². The molecule has 0 spiro atoms. The average molecular weight is 523 g/mol. The summed E-state index contributed by atoms with van der Waals surface area (Å²) < 4.78 is 5.83. The van der Waals surface area contributed by atoms with E-state index in [0.29, 0.717) is 29.5 Å². The largest absolute Gasteiger partial charge is 0.504 e. The SMILES string of the molecule is C=C1CC/C=C\Oc2c(O)c(O)c(O)c(-c3c4ccccc4c(-c4cccc5ccccc45)c4ccccc34)c21. The molecule has 0 bridgehead atoms. The molecule has 0 unspecified atom stereocenters. The predicted molar refractivity (Wildman–Crippen MR) is 163 cm³/mol. The van der Waals surface area contributed by atoms with Crippen molar-refractivity contribution in [2.75, 3.05) is 0 Å². The Morgan fingerprint density at radius 2 is 1.12 bits per heavy atom. The van der Waals surface area contributed by atoms with E-state index in [1.54, 1.807) is 0 Å². The number of hydrogen-bond acceptors (Lipinski definition) is 4. The topological polar surface area (TPSA) is 69.9 Å². The van der Waals surface area contributed by atoms with Crippen molar-refractivity contribution in [2.24, 2.45) is 0 Å². The quantitative estimate of drug-likeness (QED) is 0.157. The molecule has 4 nitrogen and oxygen atoms in total. The maximum Gasteiger partial charge on any atom is 0.205 e. The van der Waals surface area contributed by atoms with E-state index < -0.39 is 17.2 Å². The zero-order valence-corrected chi connectivity index (χ0v) is 21.7. The van der Waals surface area contributed by atoms with E-state index in [1.165, 1.54) is 6.26 Å². The van der Waals surface area contributed by atoms with Gasteiger partial charge in [-0.2, -0.15) is 0 Å². The Morgan fingerprint density at radius 1 is 0.550 bits per heavy atom. The van der Waals surface area contributed by atoms with Crippen LogP contribution in [0, 0.1) is 0 Å². The summed E-state index contributed by atoms with van der Waals surface area (Å²) in [6.07, 6.45) is 4.65. The van der Waals surface area contributed by atoms with Crippen molar-refractivity contribution in [3.05, 3.63) is 115 Å². The van der Waals surface area contributed by atoms with Crippen LogP contribution in [-0.2, 0) is 0 Å². The molecular formula is C36H26O4. The van der Waals surface area contributed by atoms with Crippen LogP contribution in [0.2, 0.25) is 0 Å². The molecule has 0 saturated heterocycles. The summed E-state index contributed by atoms with van der Waals surface area (Å²) in [7, 11) is 0. The van der Waals surface area contributed by atoms with Crippen LogP contribution >= 0.6 is 0 Å². The second-order valence-electron chi connectivity index (χ2n) is 10.1. The lowest BCUT2D eigenvalue weighted by Crippen LogP contribution is -2.00. The van der Waals surface area contributed by atoms with Crippen LogP contribution in [0.15, 0.2) is 110 Å². The minimum absolute atomic E-state index is 0.0811. The molecule has 40 heavy (non-hydrogen) atoms. The van der Waals surface area contributed by atoms with E-state index in [1.807, 2.05) is 48.5 Å². The fraction of sp³-hybridized carbons (Fsp3) is 0.0556. The molecule has 4 heteroatoms. The highest BCUT2D eigenvalue weighted by Gasteiger charge is 2.30. The van der Waals surface area contributed by atoms with Crippen molar-refractivity contribution in [1.29, 1.82) is 0 Å².